The number of aromatic nitrogens is 1. The maximum atomic E-state index is 11.5. The lowest BCUT2D eigenvalue weighted by molar-refractivity contribution is 0.0589. The monoisotopic (exact) mass is 251 g/mol. The molecule has 0 aromatic carbocycles. The number of rotatable bonds is 7. The van der Waals surface area contributed by atoms with Crippen LogP contribution in [0.2, 0.25) is 0 Å². The number of ether oxygens (including phenoxy) is 2. The molecule has 0 unspecified atom stereocenters. The highest BCUT2D eigenvalue weighted by atomic mass is 16.5. The van der Waals surface area contributed by atoms with E-state index >= 15 is 0 Å². The Hall–Kier alpha value is -1.42. The molecule has 4 heteroatoms. The molecule has 0 spiro atoms. The van der Waals surface area contributed by atoms with Crippen LogP contribution >= 0.6 is 0 Å². The van der Waals surface area contributed by atoms with Crippen molar-refractivity contribution in [3.05, 3.63) is 29.6 Å². The van der Waals surface area contributed by atoms with Crippen LogP contribution in [-0.4, -0.2) is 24.7 Å². The summed E-state index contributed by atoms with van der Waals surface area (Å²) in [4.78, 5) is 15.6. The van der Waals surface area contributed by atoms with Crippen LogP contribution < -0.4 is 0 Å². The zero-order valence-corrected chi connectivity index (χ0v) is 11.3. The van der Waals surface area contributed by atoms with Gasteiger partial charge in [0.2, 0.25) is 0 Å². The van der Waals surface area contributed by atoms with Crippen LogP contribution in [-0.2, 0) is 16.1 Å². The molecule has 0 saturated carbocycles. The number of hydrogen-bond acceptors (Lipinski definition) is 4. The van der Waals surface area contributed by atoms with Crippen molar-refractivity contribution in [3.63, 3.8) is 0 Å². The van der Waals surface area contributed by atoms with E-state index in [1.165, 1.54) is 7.11 Å². The van der Waals surface area contributed by atoms with Gasteiger partial charge in [0.25, 0.3) is 0 Å². The Labute approximate surface area is 108 Å². The van der Waals surface area contributed by atoms with E-state index in [2.05, 4.69) is 18.8 Å². The van der Waals surface area contributed by atoms with Gasteiger partial charge in [0.15, 0.2) is 0 Å². The summed E-state index contributed by atoms with van der Waals surface area (Å²) in [6.45, 7) is 5.42. The average Bonchev–Trinajstić information content (AvgIpc) is 2.37. The Balaban J connectivity index is 2.44. The second-order valence-corrected chi connectivity index (χ2v) is 4.58. The SMILES string of the molecule is COC(=O)c1cccnc1COCCCC(C)C. The minimum absolute atomic E-state index is 0.351. The summed E-state index contributed by atoms with van der Waals surface area (Å²) in [6.07, 6.45) is 3.82. The molecule has 0 amide bonds. The molecule has 1 rings (SSSR count). The number of esters is 1. The van der Waals surface area contributed by atoms with Crippen molar-refractivity contribution >= 4 is 5.97 Å². The third-order valence-electron chi connectivity index (χ3n) is 2.60. The highest BCUT2D eigenvalue weighted by molar-refractivity contribution is 5.90. The molecule has 0 atom stereocenters. The number of carbonyl (C=O) groups is 1. The molecule has 0 saturated heterocycles. The van der Waals surface area contributed by atoms with Crippen LogP contribution in [0.5, 0.6) is 0 Å². The van der Waals surface area contributed by atoms with Gasteiger partial charge >= 0.3 is 5.97 Å². The smallest absolute Gasteiger partial charge is 0.339 e. The van der Waals surface area contributed by atoms with Crippen molar-refractivity contribution in [2.45, 2.75) is 33.3 Å². The van der Waals surface area contributed by atoms with Crippen LogP contribution in [0.25, 0.3) is 0 Å². The fourth-order valence-electron chi connectivity index (χ4n) is 1.61. The molecule has 0 bridgehead atoms. The maximum Gasteiger partial charge on any atom is 0.339 e. The van der Waals surface area contributed by atoms with E-state index < -0.39 is 0 Å². The van der Waals surface area contributed by atoms with E-state index in [4.69, 9.17) is 9.47 Å². The van der Waals surface area contributed by atoms with Crippen LogP contribution in [0, 0.1) is 5.92 Å². The molecule has 1 heterocycles. The molecular weight excluding hydrogens is 230 g/mol. The highest BCUT2D eigenvalue weighted by Gasteiger charge is 2.11. The second-order valence-electron chi connectivity index (χ2n) is 4.58. The first-order valence-corrected chi connectivity index (χ1v) is 6.25. The molecule has 1 aromatic heterocycles. The third kappa shape index (κ3) is 4.84. The summed E-state index contributed by atoms with van der Waals surface area (Å²) in [6, 6.07) is 3.42. The molecule has 0 N–H and O–H groups in total. The summed E-state index contributed by atoms with van der Waals surface area (Å²) in [7, 11) is 1.36. The fourth-order valence-corrected chi connectivity index (χ4v) is 1.61. The lowest BCUT2D eigenvalue weighted by Gasteiger charge is -2.08. The van der Waals surface area contributed by atoms with Crippen LogP contribution in [0.1, 0.15) is 42.7 Å². The van der Waals surface area contributed by atoms with Gasteiger partial charge in [0.05, 0.1) is 25.0 Å². The normalized spacial score (nSPS) is 10.7. The van der Waals surface area contributed by atoms with E-state index in [1.54, 1.807) is 18.3 Å². The van der Waals surface area contributed by atoms with E-state index in [9.17, 15) is 4.79 Å². The van der Waals surface area contributed by atoms with Crippen molar-refractivity contribution < 1.29 is 14.3 Å². The molecule has 0 aliphatic carbocycles. The summed E-state index contributed by atoms with van der Waals surface area (Å²) in [5.74, 6) is 0.318. The van der Waals surface area contributed by atoms with Gasteiger partial charge in [-0.1, -0.05) is 13.8 Å². The maximum absolute atomic E-state index is 11.5. The molecule has 0 aliphatic heterocycles. The van der Waals surface area contributed by atoms with Gasteiger partial charge in [-0.15, -0.1) is 0 Å². The van der Waals surface area contributed by atoms with Crippen LogP contribution in [0.15, 0.2) is 18.3 Å². The molecule has 100 valence electrons. The van der Waals surface area contributed by atoms with Crippen molar-refractivity contribution in [1.29, 1.82) is 0 Å². The Morgan fingerprint density at radius 3 is 2.89 bits per heavy atom. The van der Waals surface area contributed by atoms with Gasteiger partial charge in [-0.25, -0.2) is 4.79 Å². The van der Waals surface area contributed by atoms with Crippen LogP contribution in [0.4, 0.5) is 0 Å². The standard InChI is InChI=1S/C14H21NO3/c1-11(2)6-5-9-18-10-13-12(14(16)17-3)7-4-8-15-13/h4,7-8,11H,5-6,9-10H2,1-3H3. The van der Waals surface area contributed by atoms with E-state index in [1.807, 2.05) is 0 Å². The fraction of sp³-hybridized carbons (Fsp3) is 0.571. The van der Waals surface area contributed by atoms with Crippen molar-refractivity contribution in [1.82, 2.24) is 4.98 Å². The topological polar surface area (TPSA) is 48.4 Å². The molecular formula is C14H21NO3. The summed E-state index contributed by atoms with van der Waals surface area (Å²) in [5, 5.41) is 0. The van der Waals surface area contributed by atoms with Crippen molar-refractivity contribution in [2.24, 2.45) is 5.92 Å². The third-order valence-corrected chi connectivity index (χ3v) is 2.60. The minimum Gasteiger partial charge on any atom is -0.465 e. The number of methoxy groups -OCH3 is 1. The molecule has 0 aliphatic rings. The molecule has 1 aromatic rings. The lowest BCUT2D eigenvalue weighted by Crippen LogP contribution is -2.09. The van der Waals surface area contributed by atoms with Crippen molar-refractivity contribution in [2.75, 3.05) is 13.7 Å². The molecule has 4 nitrogen and oxygen atoms in total. The summed E-state index contributed by atoms with van der Waals surface area (Å²) in [5.41, 5.74) is 1.11. The van der Waals surface area contributed by atoms with Gasteiger partial charge in [-0.2, -0.15) is 0 Å². The first-order valence-electron chi connectivity index (χ1n) is 6.25. The Morgan fingerprint density at radius 1 is 1.44 bits per heavy atom. The zero-order valence-electron chi connectivity index (χ0n) is 11.3. The Morgan fingerprint density at radius 2 is 2.22 bits per heavy atom. The highest BCUT2D eigenvalue weighted by Crippen LogP contribution is 2.09. The van der Waals surface area contributed by atoms with E-state index in [0.717, 1.165) is 12.8 Å². The molecule has 18 heavy (non-hydrogen) atoms. The predicted molar refractivity (Wildman–Crippen MR) is 69.3 cm³/mol. The van der Waals surface area contributed by atoms with Crippen LogP contribution in [0.3, 0.4) is 0 Å². The molecule has 0 radical (unpaired) electrons. The summed E-state index contributed by atoms with van der Waals surface area (Å²) < 4.78 is 10.2. The zero-order chi connectivity index (χ0) is 13.4. The lowest BCUT2D eigenvalue weighted by atomic mass is 10.1. The van der Waals surface area contributed by atoms with Gasteiger partial charge in [-0.05, 0) is 30.9 Å². The number of carbonyl (C=O) groups excluding carboxylic acids is 1. The quantitative estimate of drug-likeness (QED) is 0.552. The number of nitrogens with zero attached hydrogens (tertiary/aromatic N) is 1. The molecule has 0 fully saturated rings. The van der Waals surface area contributed by atoms with Crippen molar-refractivity contribution in [3.8, 4) is 0 Å². The first kappa shape index (κ1) is 14.6. The van der Waals surface area contributed by atoms with Gasteiger partial charge < -0.3 is 9.47 Å². The van der Waals surface area contributed by atoms with Gasteiger partial charge in [0, 0.05) is 12.8 Å². The second kappa shape index (κ2) is 7.82. The van der Waals surface area contributed by atoms with Gasteiger partial charge in [0.1, 0.15) is 0 Å². The predicted octanol–water partition coefficient (Wildman–Crippen LogP) is 2.82. The minimum atomic E-state index is -0.371. The van der Waals surface area contributed by atoms with E-state index in [-0.39, 0.29) is 5.97 Å². The first-order chi connectivity index (χ1) is 8.65. The van der Waals surface area contributed by atoms with E-state index in [0.29, 0.717) is 30.4 Å². The Kier molecular flexibility index (Phi) is 6.36. The number of hydrogen-bond donors (Lipinski definition) is 0. The largest absolute Gasteiger partial charge is 0.465 e. The van der Waals surface area contributed by atoms with Gasteiger partial charge in [-0.3, -0.25) is 4.98 Å². The summed E-state index contributed by atoms with van der Waals surface area (Å²) >= 11 is 0. The number of pyridine rings is 1. The average molecular weight is 251 g/mol. The Bertz CT molecular complexity index is 377.